The summed E-state index contributed by atoms with van der Waals surface area (Å²) < 4.78 is 45.6. The predicted octanol–water partition coefficient (Wildman–Crippen LogP) is 1.99. The molecule has 5 atom stereocenters. The van der Waals surface area contributed by atoms with Gasteiger partial charge < -0.3 is 9.84 Å². The van der Waals surface area contributed by atoms with E-state index in [2.05, 4.69) is 0 Å². The maximum atomic E-state index is 13.2. The lowest BCUT2D eigenvalue weighted by molar-refractivity contribution is -0.138. The van der Waals surface area contributed by atoms with Crippen LogP contribution in [0.15, 0.2) is 18.2 Å². The summed E-state index contributed by atoms with van der Waals surface area (Å²) in [6.07, 6.45) is -5.59. The van der Waals surface area contributed by atoms with Crippen LogP contribution in [0.1, 0.15) is 31.4 Å². The van der Waals surface area contributed by atoms with Crippen LogP contribution in [0, 0.1) is 23.2 Å². The van der Waals surface area contributed by atoms with Gasteiger partial charge in [0.05, 0.1) is 46.4 Å². The molecule has 0 saturated carbocycles. The zero-order chi connectivity index (χ0) is 19.9. The molecule has 3 fully saturated rings. The molecule has 3 aliphatic rings. The Hall–Kier alpha value is -2.44. The number of halogens is 3. The molecule has 3 saturated heterocycles. The molecule has 0 aromatic heterocycles. The Labute approximate surface area is 152 Å². The number of aliphatic hydroxyl groups is 1. The highest BCUT2D eigenvalue weighted by molar-refractivity contribution is 6.23. The minimum atomic E-state index is -4.81. The van der Waals surface area contributed by atoms with Gasteiger partial charge in [-0.15, -0.1) is 0 Å². The van der Waals surface area contributed by atoms with Crippen molar-refractivity contribution in [3.05, 3.63) is 29.3 Å². The average molecular weight is 380 g/mol. The molecule has 1 N–H and O–H groups in total. The van der Waals surface area contributed by atoms with Crippen LogP contribution in [0.3, 0.4) is 0 Å². The molecule has 0 unspecified atom stereocenters. The zero-order valence-corrected chi connectivity index (χ0v) is 14.4. The fourth-order valence-electron chi connectivity index (χ4n) is 4.78. The number of nitriles is 1. The van der Waals surface area contributed by atoms with Gasteiger partial charge in [-0.1, -0.05) is 0 Å². The highest BCUT2D eigenvalue weighted by Crippen LogP contribution is 2.61. The number of alkyl halides is 3. The fraction of sp³-hybridized carbons (Fsp3) is 0.500. The minimum Gasteiger partial charge on any atom is -0.390 e. The molecule has 2 bridgehead atoms. The zero-order valence-electron chi connectivity index (χ0n) is 14.4. The summed E-state index contributed by atoms with van der Waals surface area (Å²) in [7, 11) is 0. The second kappa shape index (κ2) is 5.09. The quantitative estimate of drug-likeness (QED) is 0.753. The molecule has 4 rings (SSSR count). The van der Waals surface area contributed by atoms with E-state index in [1.54, 1.807) is 13.8 Å². The predicted molar refractivity (Wildman–Crippen MR) is 84.2 cm³/mol. The van der Waals surface area contributed by atoms with Crippen LogP contribution in [-0.2, 0) is 20.5 Å². The lowest BCUT2D eigenvalue weighted by atomic mass is 9.67. The highest BCUT2D eigenvalue weighted by Gasteiger charge is 2.75. The van der Waals surface area contributed by atoms with Gasteiger partial charge in [0.25, 0.3) is 0 Å². The summed E-state index contributed by atoms with van der Waals surface area (Å²) in [5, 5.41) is 19.2. The molecule has 2 amide bonds. The van der Waals surface area contributed by atoms with Gasteiger partial charge in [-0.05, 0) is 32.0 Å². The molecule has 3 aliphatic heterocycles. The monoisotopic (exact) mass is 380 g/mol. The molecule has 0 radical (unpaired) electrons. The number of benzene rings is 1. The standard InChI is InChI=1S/C18H15F3N2O4/c1-16-6-11(24)17(2,27-16)13-12(16)14(25)23(15(13)26)9-4-3-8(7-22)10(5-9)18(19,20)21/h3-5,11-13,24H,6H2,1-2H3/t11-,12-,13+,16-,17+/m0/s1. The van der Waals surface area contributed by atoms with E-state index < -0.39 is 58.3 Å². The molecule has 3 heterocycles. The third-order valence-corrected chi connectivity index (χ3v) is 5.98. The maximum Gasteiger partial charge on any atom is 0.417 e. The Balaban J connectivity index is 1.81. The number of fused-ring (bicyclic) bond motifs is 5. The number of amides is 2. The van der Waals surface area contributed by atoms with Crippen LogP contribution < -0.4 is 4.90 Å². The van der Waals surface area contributed by atoms with Crippen molar-refractivity contribution in [2.45, 2.75) is 43.8 Å². The highest BCUT2D eigenvalue weighted by atomic mass is 19.4. The molecule has 1 aromatic carbocycles. The molecule has 142 valence electrons. The minimum absolute atomic E-state index is 0.165. The first-order valence-corrected chi connectivity index (χ1v) is 8.31. The van der Waals surface area contributed by atoms with Gasteiger partial charge >= 0.3 is 6.18 Å². The Morgan fingerprint density at radius 2 is 1.89 bits per heavy atom. The molecule has 6 nitrogen and oxygen atoms in total. The van der Waals surface area contributed by atoms with E-state index in [0.29, 0.717) is 6.07 Å². The van der Waals surface area contributed by atoms with Gasteiger partial charge in [-0.3, -0.25) is 9.59 Å². The molecule has 0 aliphatic carbocycles. The molecular formula is C18H15F3N2O4. The summed E-state index contributed by atoms with van der Waals surface area (Å²) >= 11 is 0. The number of carbonyl (C=O) groups is 2. The SMILES string of the molecule is C[C@@]12O[C@@](C)(C[C@@H]1O)[C@@H]1C(=O)N(c3ccc(C#N)c(C(F)(F)F)c3)C(=O)[C@@H]12. The van der Waals surface area contributed by atoms with Crippen molar-refractivity contribution in [1.29, 1.82) is 5.26 Å². The van der Waals surface area contributed by atoms with Gasteiger partial charge in [-0.2, -0.15) is 18.4 Å². The van der Waals surface area contributed by atoms with Crippen LogP contribution in [0.4, 0.5) is 18.9 Å². The summed E-state index contributed by atoms with van der Waals surface area (Å²) in [5.74, 6) is -3.19. The summed E-state index contributed by atoms with van der Waals surface area (Å²) in [6, 6.07) is 4.19. The number of nitrogens with zero attached hydrogens (tertiary/aromatic N) is 2. The second-order valence-corrected chi connectivity index (χ2v) is 7.63. The first kappa shape index (κ1) is 17.9. The molecular weight excluding hydrogens is 365 g/mol. The molecule has 1 aromatic rings. The summed E-state index contributed by atoms with van der Waals surface area (Å²) in [4.78, 5) is 26.6. The number of imide groups is 1. The van der Waals surface area contributed by atoms with Crippen molar-refractivity contribution >= 4 is 17.5 Å². The number of carbonyl (C=O) groups excluding carboxylic acids is 2. The van der Waals surface area contributed by atoms with Crippen molar-refractivity contribution in [2.75, 3.05) is 4.90 Å². The Bertz CT molecular complexity index is 924. The van der Waals surface area contributed by atoms with Crippen LogP contribution >= 0.6 is 0 Å². The lowest BCUT2D eigenvalue weighted by Crippen LogP contribution is -2.49. The third-order valence-electron chi connectivity index (χ3n) is 5.98. The van der Waals surface area contributed by atoms with E-state index in [-0.39, 0.29) is 12.1 Å². The largest absolute Gasteiger partial charge is 0.417 e. The van der Waals surface area contributed by atoms with Crippen LogP contribution in [-0.4, -0.2) is 34.2 Å². The van der Waals surface area contributed by atoms with Gasteiger partial charge in [-0.25, -0.2) is 4.90 Å². The van der Waals surface area contributed by atoms with E-state index in [1.807, 2.05) is 0 Å². The van der Waals surface area contributed by atoms with Gasteiger partial charge in [0, 0.05) is 6.42 Å². The van der Waals surface area contributed by atoms with E-state index >= 15 is 0 Å². The number of ether oxygens (including phenoxy) is 1. The number of hydrogen-bond donors (Lipinski definition) is 1. The van der Waals surface area contributed by atoms with Crippen LogP contribution in [0.2, 0.25) is 0 Å². The van der Waals surface area contributed by atoms with E-state index in [0.717, 1.165) is 17.0 Å². The van der Waals surface area contributed by atoms with E-state index in [4.69, 9.17) is 10.00 Å². The smallest absolute Gasteiger partial charge is 0.390 e. The Morgan fingerprint density at radius 3 is 2.48 bits per heavy atom. The number of aliphatic hydroxyl groups excluding tert-OH is 1. The summed E-state index contributed by atoms with van der Waals surface area (Å²) in [6.45, 7) is 3.17. The third kappa shape index (κ3) is 2.14. The number of hydrogen-bond acceptors (Lipinski definition) is 5. The molecule has 27 heavy (non-hydrogen) atoms. The average Bonchev–Trinajstić information content (AvgIpc) is 3.07. The van der Waals surface area contributed by atoms with Crippen molar-refractivity contribution in [3.63, 3.8) is 0 Å². The number of rotatable bonds is 1. The van der Waals surface area contributed by atoms with Crippen LogP contribution in [0.5, 0.6) is 0 Å². The van der Waals surface area contributed by atoms with E-state index in [1.165, 1.54) is 6.07 Å². The fourth-order valence-corrected chi connectivity index (χ4v) is 4.78. The Morgan fingerprint density at radius 1 is 1.26 bits per heavy atom. The second-order valence-electron chi connectivity index (χ2n) is 7.63. The first-order chi connectivity index (χ1) is 12.4. The van der Waals surface area contributed by atoms with Crippen molar-refractivity contribution < 1.29 is 32.6 Å². The van der Waals surface area contributed by atoms with Crippen LogP contribution in [0.25, 0.3) is 0 Å². The topological polar surface area (TPSA) is 90.6 Å². The van der Waals surface area contributed by atoms with Crippen molar-refractivity contribution in [3.8, 4) is 6.07 Å². The summed E-state index contributed by atoms with van der Waals surface area (Å²) in [5.41, 5.74) is -4.37. The maximum absolute atomic E-state index is 13.2. The van der Waals surface area contributed by atoms with Gasteiger partial charge in [0.1, 0.15) is 5.60 Å². The lowest BCUT2D eigenvalue weighted by Gasteiger charge is -2.31. The Kier molecular flexibility index (Phi) is 3.38. The first-order valence-electron chi connectivity index (χ1n) is 8.31. The number of anilines is 1. The van der Waals surface area contributed by atoms with Crippen molar-refractivity contribution in [1.82, 2.24) is 0 Å². The van der Waals surface area contributed by atoms with Crippen molar-refractivity contribution in [2.24, 2.45) is 11.8 Å². The normalized spacial score (nSPS) is 37.7. The molecule has 0 spiro atoms. The van der Waals surface area contributed by atoms with Gasteiger partial charge in [0.15, 0.2) is 0 Å². The van der Waals surface area contributed by atoms with Gasteiger partial charge in [0.2, 0.25) is 11.8 Å². The molecule has 9 heteroatoms. The van der Waals surface area contributed by atoms with E-state index in [9.17, 15) is 27.9 Å².